The van der Waals surface area contributed by atoms with E-state index in [9.17, 15) is 19.2 Å². The van der Waals surface area contributed by atoms with E-state index in [0.717, 1.165) is 12.8 Å². The molecule has 9 heteroatoms. The lowest BCUT2D eigenvalue weighted by Gasteiger charge is -2.19. The topological polar surface area (TPSA) is 141 Å². The van der Waals surface area contributed by atoms with Crippen LogP contribution in [-0.4, -0.2) is 53.5 Å². The Morgan fingerprint density at radius 2 is 1.91 bits per heavy atom. The number of aromatic amines is 1. The average Bonchev–Trinajstić information content (AvgIpc) is 3.58. The molecule has 4 N–H and O–H groups in total. The zero-order valence-corrected chi connectivity index (χ0v) is 19.3. The quantitative estimate of drug-likeness (QED) is 0.321. The number of esters is 1. The van der Waals surface area contributed by atoms with Gasteiger partial charge < -0.3 is 25.8 Å². The van der Waals surface area contributed by atoms with Crippen LogP contribution >= 0.6 is 0 Å². The molecule has 3 rings (SSSR count). The number of aromatic nitrogens is 1. The molecular weight excluding hydrogens is 424 g/mol. The number of nitrogens with one attached hydrogen (secondary N) is 4. The molecule has 0 aliphatic heterocycles. The van der Waals surface area contributed by atoms with Gasteiger partial charge in [0.15, 0.2) is 5.78 Å². The van der Waals surface area contributed by atoms with Crippen molar-refractivity contribution in [3.63, 3.8) is 0 Å². The maximum Gasteiger partial charge on any atom is 0.328 e. The third kappa shape index (κ3) is 8.88. The fourth-order valence-electron chi connectivity index (χ4n) is 3.04. The third-order valence-electron chi connectivity index (χ3n) is 4.98. The van der Waals surface area contributed by atoms with Gasteiger partial charge in [0.1, 0.15) is 6.04 Å². The molecule has 2 amide bonds. The molecule has 1 heterocycles. The molecular formula is C24H32N4O5. The lowest BCUT2D eigenvalue weighted by atomic mass is 10.1. The Bertz CT molecular complexity index is 994. The van der Waals surface area contributed by atoms with Crippen molar-refractivity contribution in [2.45, 2.75) is 58.6 Å². The molecule has 1 aromatic heterocycles. The number of Topliss-reactive ketones (excluding diaryl/α,β-unsaturated/α-hetero) is 1. The van der Waals surface area contributed by atoms with Gasteiger partial charge in [-0.2, -0.15) is 0 Å². The maximum atomic E-state index is 12.0. The van der Waals surface area contributed by atoms with E-state index in [4.69, 9.17) is 10.1 Å². The highest BCUT2D eigenvalue weighted by molar-refractivity contribution is 6.26. The molecule has 0 radical (unpaired) electrons. The number of para-hydroxylation sites is 1. The number of carbonyl (C=O) groups excluding carboxylic acids is 4. The van der Waals surface area contributed by atoms with E-state index >= 15 is 0 Å². The first kappa shape index (κ1) is 25.8. The van der Waals surface area contributed by atoms with Gasteiger partial charge in [-0.3, -0.25) is 14.4 Å². The molecule has 178 valence electrons. The second-order valence-electron chi connectivity index (χ2n) is 8.26. The van der Waals surface area contributed by atoms with Crippen molar-refractivity contribution < 1.29 is 23.9 Å². The Balaban J connectivity index is 0.000000315. The summed E-state index contributed by atoms with van der Waals surface area (Å²) in [6, 6.07) is 7.33. The first-order valence-electron chi connectivity index (χ1n) is 11.0. The van der Waals surface area contributed by atoms with Crippen LogP contribution in [0.4, 0.5) is 0 Å². The Morgan fingerprint density at radius 1 is 1.21 bits per heavy atom. The first-order chi connectivity index (χ1) is 15.7. The minimum absolute atomic E-state index is 0.00489. The zero-order valence-electron chi connectivity index (χ0n) is 19.3. The number of ether oxygens (including phenoxy) is 1. The van der Waals surface area contributed by atoms with E-state index in [0.29, 0.717) is 6.21 Å². The summed E-state index contributed by atoms with van der Waals surface area (Å²) in [6.07, 6.45) is 4.02. The number of carbonyl (C=O) groups is 4. The SMILES string of the molecule is CC(C)OC(=O)C(CCC(=O)C=N)NC(=O)CNC(=O)C1CC1.Cc1c[nH]c2ccccc12. The fraction of sp³-hybridized carbons (Fsp3) is 0.458. The van der Waals surface area contributed by atoms with Gasteiger partial charge in [0.25, 0.3) is 0 Å². The third-order valence-corrected chi connectivity index (χ3v) is 4.98. The Labute approximate surface area is 193 Å². The molecule has 1 aliphatic rings. The van der Waals surface area contributed by atoms with Gasteiger partial charge in [-0.15, -0.1) is 0 Å². The van der Waals surface area contributed by atoms with E-state index in [2.05, 4.69) is 40.7 Å². The van der Waals surface area contributed by atoms with E-state index in [1.165, 1.54) is 16.5 Å². The predicted octanol–water partition coefficient (Wildman–Crippen LogP) is 2.42. The highest BCUT2D eigenvalue weighted by Crippen LogP contribution is 2.28. The first-order valence-corrected chi connectivity index (χ1v) is 11.0. The van der Waals surface area contributed by atoms with Crippen molar-refractivity contribution in [1.29, 1.82) is 5.41 Å². The van der Waals surface area contributed by atoms with Crippen LogP contribution in [0, 0.1) is 18.3 Å². The number of ketones is 1. The lowest BCUT2D eigenvalue weighted by Crippen LogP contribution is -2.47. The molecule has 1 aliphatic carbocycles. The van der Waals surface area contributed by atoms with Gasteiger partial charge in [-0.25, -0.2) is 4.79 Å². The summed E-state index contributed by atoms with van der Waals surface area (Å²) in [7, 11) is 0. The Hall–Kier alpha value is -3.49. The summed E-state index contributed by atoms with van der Waals surface area (Å²) in [4.78, 5) is 49.6. The predicted molar refractivity (Wildman–Crippen MR) is 125 cm³/mol. The highest BCUT2D eigenvalue weighted by Gasteiger charge is 2.30. The van der Waals surface area contributed by atoms with Crippen LogP contribution in [0.1, 0.15) is 45.1 Å². The fourth-order valence-corrected chi connectivity index (χ4v) is 3.04. The van der Waals surface area contributed by atoms with Crippen LogP contribution in [0.2, 0.25) is 0 Å². The number of fused-ring (bicyclic) bond motifs is 1. The van der Waals surface area contributed by atoms with E-state index in [-0.39, 0.29) is 37.3 Å². The Morgan fingerprint density at radius 3 is 2.52 bits per heavy atom. The van der Waals surface area contributed by atoms with Crippen molar-refractivity contribution >= 4 is 40.7 Å². The summed E-state index contributed by atoms with van der Waals surface area (Å²) >= 11 is 0. The normalized spacial score (nSPS) is 13.5. The smallest absolute Gasteiger partial charge is 0.328 e. The van der Waals surface area contributed by atoms with Crippen molar-refractivity contribution in [2.24, 2.45) is 5.92 Å². The number of hydrogen-bond acceptors (Lipinski definition) is 6. The number of H-pyrrole nitrogens is 1. The lowest BCUT2D eigenvalue weighted by molar-refractivity contribution is -0.151. The molecule has 2 aromatic rings. The number of benzene rings is 1. The van der Waals surface area contributed by atoms with Gasteiger partial charge in [-0.1, -0.05) is 18.2 Å². The molecule has 1 fully saturated rings. The Kier molecular flexibility index (Phi) is 9.78. The van der Waals surface area contributed by atoms with Crippen molar-refractivity contribution in [1.82, 2.24) is 15.6 Å². The van der Waals surface area contributed by atoms with Crippen LogP contribution < -0.4 is 10.6 Å². The van der Waals surface area contributed by atoms with E-state index in [1.807, 2.05) is 12.3 Å². The van der Waals surface area contributed by atoms with Gasteiger partial charge >= 0.3 is 5.97 Å². The summed E-state index contributed by atoms with van der Waals surface area (Å²) in [5.41, 5.74) is 2.54. The average molecular weight is 457 g/mol. The van der Waals surface area contributed by atoms with Gasteiger partial charge in [0, 0.05) is 29.4 Å². The van der Waals surface area contributed by atoms with Gasteiger partial charge in [0.2, 0.25) is 11.8 Å². The van der Waals surface area contributed by atoms with Crippen LogP contribution in [0.25, 0.3) is 10.9 Å². The summed E-state index contributed by atoms with van der Waals surface area (Å²) < 4.78 is 5.04. The second-order valence-corrected chi connectivity index (χ2v) is 8.26. The maximum absolute atomic E-state index is 12.0. The van der Waals surface area contributed by atoms with Crippen LogP contribution in [0.15, 0.2) is 30.5 Å². The van der Waals surface area contributed by atoms with Crippen molar-refractivity contribution in [3.05, 3.63) is 36.0 Å². The summed E-state index contributed by atoms with van der Waals surface area (Å²) in [5.74, 6) is -1.77. The second kappa shape index (κ2) is 12.5. The zero-order chi connectivity index (χ0) is 24.4. The summed E-state index contributed by atoms with van der Waals surface area (Å²) in [6.45, 7) is 5.24. The monoisotopic (exact) mass is 456 g/mol. The van der Waals surface area contributed by atoms with Crippen molar-refractivity contribution in [2.75, 3.05) is 6.54 Å². The number of hydrogen-bond donors (Lipinski definition) is 4. The number of rotatable bonds is 10. The molecule has 1 aromatic carbocycles. The standard InChI is InChI=1S/C15H23N3O5.C9H9N/c1-9(2)23-15(22)12(6-5-11(19)7-16)18-13(20)8-17-14(21)10-3-4-10;1-7-6-10-9-5-3-2-4-8(7)9/h7,9-10,12,16H,3-6,8H2,1-2H3,(H,17,21)(H,18,20);2-6,10H,1H3. The number of aryl methyl sites for hydroxylation is 1. The molecule has 0 bridgehead atoms. The van der Waals surface area contributed by atoms with Gasteiger partial charge in [0.05, 0.1) is 18.9 Å². The van der Waals surface area contributed by atoms with E-state index in [1.54, 1.807) is 13.8 Å². The minimum atomic E-state index is -0.980. The van der Waals surface area contributed by atoms with Crippen LogP contribution in [0.3, 0.4) is 0 Å². The molecule has 1 unspecified atom stereocenters. The molecule has 1 saturated carbocycles. The van der Waals surface area contributed by atoms with Crippen LogP contribution in [-0.2, 0) is 23.9 Å². The van der Waals surface area contributed by atoms with Crippen LogP contribution in [0.5, 0.6) is 0 Å². The molecule has 33 heavy (non-hydrogen) atoms. The molecule has 0 spiro atoms. The minimum Gasteiger partial charge on any atom is -0.461 e. The number of amides is 2. The van der Waals surface area contributed by atoms with E-state index < -0.39 is 23.7 Å². The molecule has 0 saturated heterocycles. The molecule has 9 nitrogen and oxygen atoms in total. The van der Waals surface area contributed by atoms with Gasteiger partial charge in [-0.05, 0) is 51.7 Å². The highest BCUT2D eigenvalue weighted by atomic mass is 16.5. The largest absolute Gasteiger partial charge is 0.461 e. The van der Waals surface area contributed by atoms with Crippen molar-refractivity contribution in [3.8, 4) is 0 Å². The molecule has 1 atom stereocenters. The summed E-state index contributed by atoms with van der Waals surface area (Å²) in [5, 5.41) is 13.1.